The van der Waals surface area contributed by atoms with Crippen LogP contribution in [0.15, 0.2) is 72.3 Å². The fourth-order valence-electron chi connectivity index (χ4n) is 4.04. The number of ketones is 1. The van der Waals surface area contributed by atoms with Crippen molar-refractivity contribution < 1.29 is 23.8 Å². The number of aryl methyl sites for hydroxylation is 1. The van der Waals surface area contributed by atoms with Crippen LogP contribution in [0, 0.1) is 12.7 Å². The number of aliphatic hydroxyl groups excluding tert-OH is 1. The standard InChI is InChI=1S/C26H19FN2O4S/c1-14-6-11-19-20(12-14)34-26(28-19)29-22(15-7-9-17(27)10-8-15)21(24(31)25(29)32)23(30)16-4-3-5-18(13-16)33-2/h3-13,22,30H,1-2H3/t22-/m1/s1. The van der Waals surface area contributed by atoms with Crippen molar-refractivity contribution in [2.45, 2.75) is 13.0 Å². The molecule has 0 unspecified atom stereocenters. The molecule has 1 amide bonds. The highest BCUT2D eigenvalue weighted by molar-refractivity contribution is 7.22. The second kappa shape index (κ2) is 8.39. The summed E-state index contributed by atoms with van der Waals surface area (Å²) < 4.78 is 19.8. The van der Waals surface area contributed by atoms with Gasteiger partial charge in [0.1, 0.15) is 17.3 Å². The van der Waals surface area contributed by atoms with Crippen molar-refractivity contribution in [2.75, 3.05) is 12.0 Å². The number of carbonyl (C=O) groups excluding carboxylic acids is 2. The van der Waals surface area contributed by atoms with E-state index in [1.807, 2.05) is 25.1 Å². The Bertz CT molecular complexity index is 1480. The van der Waals surface area contributed by atoms with Crippen LogP contribution < -0.4 is 9.64 Å². The van der Waals surface area contributed by atoms with E-state index in [2.05, 4.69) is 4.98 Å². The minimum atomic E-state index is -0.978. The maximum absolute atomic E-state index is 13.7. The Morgan fingerprint density at radius 3 is 2.59 bits per heavy atom. The highest BCUT2D eigenvalue weighted by atomic mass is 32.1. The third-order valence-electron chi connectivity index (χ3n) is 5.71. The number of aliphatic hydroxyl groups is 1. The summed E-state index contributed by atoms with van der Waals surface area (Å²) in [5.74, 6) is -1.97. The van der Waals surface area contributed by atoms with Gasteiger partial charge in [0, 0.05) is 5.56 Å². The highest BCUT2D eigenvalue weighted by Crippen LogP contribution is 2.44. The molecule has 0 aliphatic carbocycles. The van der Waals surface area contributed by atoms with Gasteiger partial charge < -0.3 is 9.84 Å². The van der Waals surface area contributed by atoms with Crippen molar-refractivity contribution in [3.8, 4) is 5.75 Å². The Morgan fingerprint density at radius 1 is 1.09 bits per heavy atom. The summed E-state index contributed by atoms with van der Waals surface area (Å²) in [4.78, 5) is 32.4. The Labute approximate surface area is 198 Å². The van der Waals surface area contributed by atoms with Crippen LogP contribution in [-0.2, 0) is 9.59 Å². The van der Waals surface area contributed by atoms with Crippen molar-refractivity contribution >= 4 is 44.1 Å². The lowest BCUT2D eigenvalue weighted by Gasteiger charge is -2.23. The molecule has 2 heterocycles. The molecule has 0 bridgehead atoms. The predicted octanol–water partition coefficient (Wildman–Crippen LogP) is 5.38. The Morgan fingerprint density at radius 2 is 1.85 bits per heavy atom. The molecule has 1 aliphatic heterocycles. The van der Waals surface area contributed by atoms with Gasteiger partial charge in [0.2, 0.25) is 0 Å². The molecule has 6 nitrogen and oxygen atoms in total. The minimum absolute atomic E-state index is 0.0969. The number of methoxy groups -OCH3 is 1. The van der Waals surface area contributed by atoms with Crippen LogP contribution in [0.2, 0.25) is 0 Å². The molecule has 1 N–H and O–H groups in total. The van der Waals surface area contributed by atoms with E-state index >= 15 is 0 Å². The van der Waals surface area contributed by atoms with Gasteiger partial charge in [0.25, 0.3) is 5.78 Å². The topological polar surface area (TPSA) is 79.7 Å². The monoisotopic (exact) mass is 474 g/mol. The van der Waals surface area contributed by atoms with Crippen LogP contribution >= 0.6 is 11.3 Å². The van der Waals surface area contributed by atoms with E-state index in [0.717, 1.165) is 10.3 Å². The number of Topliss-reactive ketones (excluding diaryl/α,β-unsaturated/α-hetero) is 1. The van der Waals surface area contributed by atoms with Gasteiger partial charge in [-0.2, -0.15) is 0 Å². The second-order valence-corrected chi connectivity index (χ2v) is 8.93. The number of benzene rings is 3. The average Bonchev–Trinajstić information content (AvgIpc) is 3.37. The van der Waals surface area contributed by atoms with Gasteiger partial charge in [0.15, 0.2) is 5.13 Å². The quantitative estimate of drug-likeness (QED) is 0.244. The third kappa shape index (κ3) is 3.62. The van der Waals surface area contributed by atoms with Crippen molar-refractivity contribution in [1.29, 1.82) is 0 Å². The summed E-state index contributed by atoms with van der Waals surface area (Å²) in [7, 11) is 1.49. The van der Waals surface area contributed by atoms with Crippen molar-refractivity contribution in [3.05, 3.63) is 94.8 Å². The molecule has 0 saturated carbocycles. The van der Waals surface area contributed by atoms with E-state index in [9.17, 15) is 19.1 Å². The molecule has 5 rings (SSSR count). The highest BCUT2D eigenvalue weighted by Gasteiger charge is 2.48. The van der Waals surface area contributed by atoms with Crippen LogP contribution in [-0.4, -0.2) is 28.9 Å². The van der Waals surface area contributed by atoms with Gasteiger partial charge in [-0.25, -0.2) is 9.37 Å². The number of fused-ring (bicyclic) bond motifs is 1. The van der Waals surface area contributed by atoms with Gasteiger partial charge in [-0.05, 0) is 54.4 Å². The molecule has 0 spiro atoms. The summed E-state index contributed by atoms with van der Waals surface area (Å²) in [5.41, 5.74) is 2.43. The Balaban J connectivity index is 1.73. The van der Waals surface area contributed by atoms with Crippen molar-refractivity contribution in [1.82, 2.24) is 4.98 Å². The number of aromatic nitrogens is 1. The molecule has 1 aromatic heterocycles. The normalized spacial score (nSPS) is 17.5. The van der Waals surface area contributed by atoms with E-state index in [1.54, 1.807) is 24.3 Å². The maximum Gasteiger partial charge on any atom is 0.301 e. The van der Waals surface area contributed by atoms with Gasteiger partial charge in [-0.1, -0.05) is 41.7 Å². The lowest BCUT2D eigenvalue weighted by molar-refractivity contribution is -0.132. The number of anilines is 1. The largest absolute Gasteiger partial charge is 0.507 e. The van der Waals surface area contributed by atoms with Crippen LogP contribution in [0.1, 0.15) is 22.7 Å². The number of halogens is 1. The lowest BCUT2D eigenvalue weighted by Crippen LogP contribution is -2.29. The van der Waals surface area contributed by atoms with E-state index < -0.39 is 23.5 Å². The number of hydrogen-bond donors (Lipinski definition) is 1. The maximum atomic E-state index is 13.7. The first-order chi connectivity index (χ1) is 16.4. The SMILES string of the molecule is COc1cccc(C(O)=C2C(=O)C(=O)N(c3nc4ccc(C)cc4s3)[C@@H]2c2ccc(F)cc2)c1. The number of hydrogen-bond acceptors (Lipinski definition) is 6. The molecule has 8 heteroatoms. The molecular weight excluding hydrogens is 455 g/mol. The zero-order valence-electron chi connectivity index (χ0n) is 18.3. The zero-order chi connectivity index (χ0) is 24.0. The molecule has 1 fully saturated rings. The van der Waals surface area contributed by atoms with E-state index in [4.69, 9.17) is 4.74 Å². The summed E-state index contributed by atoms with van der Waals surface area (Å²) >= 11 is 1.28. The first-order valence-corrected chi connectivity index (χ1v) is 11.3. The smallest absolute Gasteiger partial charge is 0.301 e. The van der Waals surface area contributed by atoms with Gasteiger partial charge in [0.05, 0.1) is 28.9 Å². The van der Waals surface area contributed by atoms with Crippen LogP contribution in [0.25, 0.3) is 16.0 Å². The second-order valence-electron chi connectivity index (χ2n) is 7.92. The molecule has 1 saturated heterocycles. The summed E-state index contributed by atoms with van der Waals surface area (Å²) in [6, 6.07) is 16.8. The molecule has 1 atom stereocenters. The first-order valence-electron chi connectivity index (χ1n) is 10.5. The number of thiazole rings is 1. The number of nitrogens with zero attached hydrogens (tertiary/aromatic N) is 2. The summed E-state index contributed by atoms with van der Waals surface area (Å²) in [6.07, 6.45) is 0. The fourth-order valence-corrected chi connectivity index (χ4v) is 5.13. The minimum Gasteiger partial charge on any atom is -0.507 e. The molecule has 170 valence electrons. The summed E-state index contributed by atoms with van der Waals surface area (Å²) in [6.45, 7) is 1.96. The number of amides is 1. The van der Waals surface area contributed by atoms with E-state index in [1.165, 1.54) is 47.6 Å². The summed E-state index contributed by atoms with van der Waals surface area (Å²) in [5, 5.41) is 11.5. The van der Waals surface area contributed by atoms with Crippen molar-refractivity contribution in [2.24, 2.45) is 0 Å². The van der Waals surface area contributed by atoms with Gasteiger partial charge >= 0.3 is 5.91 Å². The molecular formula is C26H19FN2O4S. The van der Waals surface area contributed by atoms with Gasteiger partial charge in [-0.3, -0.25) is 14.5 Å². The number of carbonyl (C=O) groups is 2. The van der Waals surface area contributed by atoms with E-state index in [-0.39, 0.29) is 11.3 Å². The molecule has 3 aromatic carbocycles. The predicted molar refractivity (Wildman–Crippen MR) is 129 cm³/mol. The molecule has 4 aromatic rings. The van der Waals surface area contributed by atoms with Crippen molar-refractivity contribution in [3.63, 3.8) is 0 Å². The van der Waals surface area contributed by atoms with Crippen LogP contribution in [0.3, 0.4) is 0 Å². The fraction of sp³-hybridized carbons (Fsp3) is 0.115. The number of rotatable bonds is 4. The Hall–Kier alpha value is -4.04. The Kier molecular flexibility index (Phi) is 5.37. The molecule has 0 radical (unpaired) electrons. The first kappa shape index (κ1) is 21.8. The van der Waals surface area contributed by atoms with E-state index in [0.29, 0.717) is 27.5 Å². The molecule has 34 heavy (non-hydrogen) atoms. The van der Waals surface area contributed by atoms with Crippen LogP contribution in [0.4, 0.5) is 9.52 Å². The van der Waals surface area contributed by atoms with Crippen LogP contribution in [0.5, 0.6) is 5.75 Å². The zero-order valence-corrected chi connectivity index (χ0v) is 19.1. The lowest BCUT2D eigenvalue weighted by atomic mass is 9.95. The number of ether oxygens (including phenoxy) is 1. The average molecular weight is 475 g/mol. The molecule has 1 aliphatic rings. The van der Waals surface area contributed by atoms with Gasteiger partial charge in [-0.15, -0.1) is 0 Å². The third-order valence-corrected chi connectivity index (χ3v) is 6.73.